The molecule has 3 rings (SSSR count). The number of hydrogen-bond acceptors (Lipinski definition) is 4. The Kier molecular flexibility index (Phi) is 6.31. The monoisotopic (exact) mass is 373 g/mol. The zero-order chi connectivity index (χ0) is 19.8. The van der Waals surface area contributed by atoms with E-state index >= 15 is 0 Å². The van der Waals surface area contributed by atoms with Gasteiger partial charge in [0, 0.05) is 11.1 Å². The number of nitrogens with one attached hydrogen (secondary N) is 1. The molecule has 0 saturated carbocycles. The van der Waals surface area contributed by atoms with Gasteiger partial charge in [-0.05, 0) is 23.3 Å². The highest BCUT2D eigenvalue weighted by Gasteiger charge is 2.12. The Morgan fingerprint density at radius 3 is 1.89 bits per heavy atom. The predicted octanol–water partition coefficient (Wildman–Crippen LogP) is 3.51. The highest BCUT2D eigenvalue weighted by atomic mass is 16.5. The van der Waals surface area contributed by atoms with Crippen LogP contribution in [-0.2, 0) is 9.53 Å². The number of benzene rings is 3. The molecule has 140 valence electrons. The van der Waals surface area contributed by atoms with Crippen LogP contribution in [0.15, 0.2) is 84.9 Å². The van der Waals surface area contributed by atoms with E-state index in [9.17, 15) is 14.4 Å². The van der Waals surface area contributed by atoms with Gasteiger partial charge in [-0.25, -0.2) is 0 Å². The van der Waals surface area contributed by atoms with Crippen molar-refractivity contribution < 1.29 is 19.1 Å². The molecule has 0 unspecified atom stereocenters. The van der Waals surface area contributed by atoms with E-state index in [4.69, 9.17) is 4.74 Å². The molecule has 5 heteroatoms. The maximum absolute atomic E-state index is 12.2. The summed E-state index contributed by atoms with van der Waals surface area (Å²) < 4.78 is 4.92. The van der Waals surface area contributed by atoms with Crippen molar-refractivity contribution in [3.05, 3.63) is 96.1 Å². The first kappa shape index (κ1) is 19.0. The van der Waals surface area contributed by atoms with Crippen molar-refractivity contribution in [3.8, 4) is 11.1 Å². The summed E-state index contributed by atoms with van der Waals surface area (Å²) in [5.74, 6) is -1.35. The van der Waals surface area contributed by atoms with Gasteiger partial charge in [-0.3, -0.25) is 14.4 Å². The van der Waals surface area contributed by atoms with Gasteiger partial charge < -0.3 is 10.1 Å². The Hall–Kier alpha value is -3.73. The van der Waals surface area contributed by atoms with Crippen LogP contribution < -0.4 is 5.32 Å². The molecule has 0 fully saturated rings. The lowest BCUT2D eigenvalue weighted by Crippen LogP contribution is -2.31. The van der Waals surface area contributed by atoms with E-state index in [0.717, 1.165) is 11.1 Å². The first-order chi connectivity index (χ1) is 13.6. The van der Waals surface area contributed by atoms with Crippen LogP contribution in [0.4, 0.5) is 0 Å². The highest BCUT2D eigenvalue weighted by molar-refractivity contribution is 5.99. The third-order valence-electron chi connectivity index (χ3n) is 4.11. The molecule has 0 aliphatic carbocycles. The minimum Gasteiger partial charge on any atom is -0.456 e. The van der Waals surface area contributed by atoms with E-state index in [1.807, 2.05) is 42.5 Å². The molecule has 0 heterocycles. The number of amides is 1. The van der Waals surface area contributed by atoms with Crippen molar-refractivity contribution in [2.24, 2.45) is 0 Å². The molecule has 0 saturated heterocycles. The second-order valence-corrected chi connectivity index (χ2v) is 6.08. The molecule has 0 spiro atoms. The second-order valence-electron chi connectivity index (χ2n) is 6.08. The summed E-state index contributed by atoms with van der Waals surface area (Å²) in [7, 11) is 0. The lowest BCUT2D eigenvalue weighted by Gasteiger charge is -2.07. The van der Waals surface area contributed by atoms with Gasteiger partial charge in [0.25, 0.3) is 5.91 Å². The molecule has 0 aliphatic heterocycles. The zero-order valence-electron chi connectivity index (χ0n) is 15.1. The molecule has 0 aliphatic rings. The van der Waals surface area contributed by atoms with E-state index < -0.39 is 5.97 Å². The second kappa shape index (κ2) is 9.28. The summed E-state index contributed by atoms with van der Waals surface area (Å²) in [6.45, 7) is -0.661. The Morgan fingerprint density at radius 1 is 0.679 bits per heavy atom. The first-order valence-corrected chi connectivity index (χ1v) is 8.81. The fourth-order valence-electron chi connectivity index (χ4n) is 2.60. The van der Waals surface area contributed by atoms with Crippen molar-refractivity contribution >= 4 is 17.7 Å². The topological polar surface area (TPSA) is 72.5 Å². The fraction of sp³-hybridized carbons (Fsp3) is 0.0870. The maximum atomic E-state index is 12.2. The van der Waals surface area contributed by atoms with Gasteiger partial charge in [-0.1, -0.05) is 72.8 Å². The average Bonchev–Trinajstić information content (AvgIpc) is 2.77. The number of carbonyl (C=O) groups is 3. The quantitative estimate of drug-likeness (QED) is 0.508. The summed E-state index contributed by atoms with van der Waals surface area (Å²) in [5.41, 5.74) is 2.96. The SMILES string of the molecule is O=C(CNC(=O)c1ccc(-c2ccccc2)cc1)OCC(=O)c1ccccc1. The number of ketones is 1. The molecule has 0 atom stereocenters. The van der Waals surface area contributed by atoms with Gasteiger partial charge in [0.15, 0.2) is 12.4 Å². The van der Waals surface area contributed by atoms with Gasteiger partial charge in [0.2, 0.25) is 0 Å². The zero-order valence-corrected chi connectivity index (χ0v) is 15.1. The number of carbonyl (C=O) groups excluding carboxylic acids is 3. The number of esters is 1. The lowest BCUT2D eigenvalue weighted by atomic mass is 10.0. The third-order valence-corrected chi connectivity index (χ3v) is 4.11. The summed E-state index contributed by atoms with van der Waals surface area (Å²) in [5, 5.41) is 2.50. The Balaban J connectivity index is 1.47. The maximum Gasteiger partial charge on any atom is 0.325 e. The summed E-state index contributed by atoms with van der Waals surface area (Å²) >= 11 is 0. The van der Waals surface area contributed by atoms with Crippen molar-refractivity contribution in [2.45, 2.75) is 0 Å². The largest absolute Gasteiger partial charge is 0.456 e. The van der Waals surface area contributed by atoms with Crippen LogP contribution >= 0.6 is 0 Å². The molecule has 5 nitrogen and oxygen atoms in total. The minimum absolute atomic E-state index is 0.295. The number of hydrogen-bond donors (Lipinski definition) is 1. The molecule has 3 aromatic rings. The number of rotatable bonds is 7. The molecule has 28 heavy (non-hydrogen) atoms. The summed E-state index contributed by atoms with van der Waals surface area (Å²) in [6.07, 6.45) is 0. The van der Waals surface area contributed by atoms with Crippen LogP contribution in [0.1, 0.15) is 20.7 Å². The molecule has 1 amide bonds. The van der Waals surface area contributed by atoms with Crippen molar-refractivity contribution in [1.82, 2.24) is 5.32 Å². The van der Waals surface area contributed by atoms with Crippen LogP contribution in [0.25, 0.3) is 11.1 Å². The van der Waals surface area contributed by atoms with E-state index in [2.05, 4.69) is 5.32 Å². The van der Waals surface area contributed by atoms with Crippen molar-refractivity contribution in [2.75, 3.05) is 13.2 Å². The van der Waals surface area contributed by atoms with E-state index in [-0.39, 0.29) is 24.8 Å². The van der Waals surface area contributed by atoms with Gasteiger partial charge in [0.1, 0.15) is 6.54 Å². The molecule has 0 bridgehead atoms. The number of ether oxygens (including phenoxy) is 1. The van der Waals surface area contributed by atoms with E-state index in [1.165, 1.54) is 0 Å². The predicted molar refractivity (Wildman–Crippen MR) is 106 cm³/mol. The van der Waals surface area contributed by atoms with Gasteiger partial charge >= 0.3 is 5.97 Å². The third kappa shape index (κ3) is 5.14. The number of Topliss-reactive ketones (excluding diaryl/α,β-unsaturated/α-hetero) is 1. The summed E-state index contributed by atoms with van der Waals surface area (Å²) in [4.78, 5) is 35.8. The molecule has 3 aromatic carbocycles. The van der Waals surface area contributed by atoms with Gasteiger partial charge in [-0.15, -0.1) is 0 Å². The molecule has 0 aromatic heterocycles. The van der Waals surface area contributed by atoms with E-state index in [1.54, 1.807) is 42.5 Å². The highest BCUT2D eigenvalue weighted by Crippen LogP contribution is 2.19. The smallest absolute Gasteiger partial charge is 0.325 e. The van der Waals surface area contributed by atoms with Crippen molar-refractivity contribution in [1.29, 1.82) is 0 Å². The van der Waals surface area contributed by atoms with Crippen LogP contribution in [0.2, 0.25) is 0 Å². The molecular formula is C23H19NO4. The molecular weight excluding hydrogens is 354 g/mol. The minimum atomic E-state index is -0.668. The van der Waals surface area contributed by atoms with E-state index in [0.29, 0.717) is 11.1 Å². The van der Waals surface area contributed by atoms with Crippen molar-refractivity contribution in [3.63, 3.8) is 0 Å². The molecule has 1 N–H and O–H groups in total. The van der Waals surface area contributed by atoms with Gasteiger partial charge in [0.05, 0.1) is 0 Å². The Morgan fingerprint density at radius 2 is 1.25 bits per heavy atom. The standard InChI is InChI=1S/C23H19NO4/c25-21(19-9-5-2-6-10-19)16-28-22(26)15-24-23(27)20-13-11-18(12-14-20)17-7-3-1-4-8-17/h1-14H,15-16H2,(H,24,27). The van der Waals surface area contributed by atoms with Crippen LogP contribution in [0.3, 0.4) is 0 Å². The van der Waals surface area contributed by atoms with Crippen LogP contribution in [0, 0.1) is 0 Å². The Labute approximate surface area is 163 Å². The van der Waals surface area contributed by atoms with Crippen LogP contribution in [-0.4, -0.2) is 30.8 Å². The van der Waals surface area contributed by atoms with Gasteiger partial charge in [-0.2, -0.15) is 0 Å². The van der Waals surface area contributed by atoms with Crippen LogP contribution in [0.5, 0.6) is 0 Å². The lowest BCUT2D eigenvalue weighted by molar-refractivity contribution is -0.141. The average molecular weight is 373 g/mol. The summed E-state index contributed by atoms with van der Waals surface area (Å²) in [6, 6.07) is 25.5. The molecule has 0 radical (unpaired) electrons. The Bertz CT molecular complexity index is 951. The first-order valence-electron chi connectivity index (χ1n) is 8.81. The normalized spacial score (nSPS) is 10.1. The fourth-order valence-corrected chi connectivity index (χ4v) is 2.60.